The Morgan fingerprint density at radius 1 is 0.487 bits per heavy atom. The van der Waals surface area contributed by atoms with Gasteiger partial charge in [0.1, 0.15) is 0 Å². The van der Waals surface area contributed by atoms with Crippen LogP contribution in [0.5, 0.6) is 0 Å². The van der Waals surface area contributed by atoms with Gasteiger partial charge in [-0.1, -0.05) is 91.5 Å². The molecule has 2 aliphatic rings. The molecule has 0 fully saturated rings. The van der Waals surface area contributed by atoms with Crippen LogP contribution in [0.2, 0.25) is 0 Å². The molecule has 0 radical (unpaired) electrons. The molecule has 0 saturated heterocycles. The first-order valence-corrected chi connectivity index (χ1v) is 14.0. The zero-order valence-corrected chi connectivity index (χ0v) is 29.7. The first-order chi connectivity index (χ1) is 16.6. The molecule has 208 valence electrons. The van der Waals surface area contributed by atoms with Crippen molar-refractivity contribution in [2.75, 3.05) is 0 Å². The van der Waals surface area contributed by atoms with Crippen LogP contribution in [0.1, 0.15) is 114 Å². The molecule has 39 heavy (non-hydrogen) atoms. The normalized spacial score (nSPS) is 19.3. The van der Waals surface area contributed by atoms with Gasteiger partial charge in [0.05, 0.1) is 0 Å². The van der Waals surface area contributed by atoms with Crippen LogP contribution in [0.3, 0.4) is 0 Å². The molecule has 0 aromatic heterocycles. The van der Waals surface area contributed by atoms with E-state index >= 15 is 0 Å². The van der Waals surface area contributed by atoms with Crippen LogP contribution >= 0.6 is 0 Å². The third-order valence-electron chi connectivity index (χ3n) is 9.92. The topological polar surface area (TPSA) is 0 Å². The molecular formula is C36H46Cl2Zr. The largest absolute Gasteiger partial charge is 4.00 e. The van der Waals surface area contributed by atoms with E-state index in [9.17, 15) is 0 Å². The molecule has 0 saturated carbocycles. The fourth-order valence-electron chi connectivity index (χ4n) is 6.83. The number of aryl methyl sites for hydroxylation is 2. The summed E-state index contributed by atoms with van der Waals surface area (Å²) in [5.74, 6) is 0. The summed E-state index contributed by atoms with van der Waals surface area (Å²) in [5.41, 5.74) is 10.4. The van der Waals surface area contributed by atoms with Gasteiger partial charge in [0.15, 0.2) is 0 Å². The van der Waals surface area contributed by atoms with Crippen molar-refractivity contribution in [1.29, 1.82) is 0 Å². The van der Waals surface area contributed by atoms with Crippen molar-refractivity contribution in [3.05, 3.63) is 81.9 Å². The van der Waals surface area contributed by atoms with Crippen LogP contribution in [-0.2, 0) is 47.9 Å². The first kappa shape index (κ1) is 34.3. The molecule has 0 heterocycles. The maximum Gasteiger partial charge on any atom is 4.00 e. The Morgan fingerprint density at radius 3 is 1.03 bits per heavy atom. The Kier molecular flexibility index (Phi) is 10.1. The fourth-order valence-corrected chi connectivity index (χ4v) is 6.83. The predicted octanol–water partition coefficient (Wildman–Crippen LogP) is 4.44. The third kappa shape index (κ3) is 6.03. The number of benzene rings is 2. The summed E-state index contributed by atoms with van der Waals surface area (Å²) in [6.45, 7) is 23.6. The van der Waals surface area contributed by atoms with Crippen LogP contribution in [0, 0.1) is 13.8 Å². The SMILES string of the molecule is Cc1c[cH-]c2cc3c(cc12)C(C)(C)CCC3(C)C.Cc1c[cH-]c2cc3c(cc12)C(C)(C)CCC3(C)C.[Cl-].[Cl-].[Zr+4]. The van der Waals surface area contributed by atoms with Gasteiger partial charge in [-0.25, -0.2) is 0 Å². The maximum atomic E-state index is 2.46. The summed E-state index contributed by atoms with van der Waals surface area (Å²) in [6.07, 6.45) is 5.16. The second kappa shape index (κ2) is 11.4. The van der Waals surface area contributed by atoms with Crippen LogP contribution in [0.15, 0.2) is 48.5 Å². The van der Waals surface area contributed by atoms with E-state index in [1.165, 1.54) is 58.4 Å². The quantitative estimate of drug-likeness (QED) is 0.250. The van der Waals surface area contributed by atoms with Crippen LogP contribution in [0.4, 0.5) is 0 Å². The number of hydrogen-bond acceptors (Lipinski definition) is 0. The summed E-state index contributed by atoms with van der Waals surface area (Å²) in [7, 11) is 0. The molecule has 4 aromatic carbocycles. The summed E-state index contributed by atoms with van der Waals surface area (Å²) >= 11 is 0. The van der Waals surface area contributed by atoms with E-state index in [1.807, 2.05) is 0 Å². The molecular weight excluding hydrogens is 595 g/mol. The Morgan fingerprint density at radius 2 is 0.744 bits per heavy atom. The fraction of sp³-hybridized carbons (Fsp3) is 0.500. The molecule has 0 N–H and O–H groups in total. The molecule has 0 atom stereocenters. The van der Waals surface area contributed by atoms with Crippen molar-refractivity contribution < 1.29 is 51.0 Å². The van der Waals surface area contributed by atoms with Gasteiger partial charge >= 0.3 is 26.2 Å². The average molecular weight is 641 g/mol. The molecule has 0 amide bonds. The standard InChI is InChI=1S/2C18H23.2ClH.Zr/c2*1-12-6-7-13-10-15-16(11-14(12)13)18(4,5)9-8-17(15,2)3;;;/h2*6-7,10-11H,8-9H2,1-5H3;2*1H;/q2*-1;;;+4/p-2. The first-order valence-electron chi connectivity index (χ1n) is 14.0. The van der Waals surface area contributed by atoms with Crippen LogP contribution < -0.4 is 24.8 Å². The number of halogens is 2. The smallest absolute Gasteiger partial charge is 1.00 e. The Hall–Kier alpha value is -0.877. The zero-order valence-electron chi connectivity index (χ0n) is 25.7. The molecule has 0 bridgehead atoms. The number of rotatable bonds is 0. The number of hydrogen-bond donors (Lipinski definition) is 0. The van der Waals surface area contributed by atoms with Crippen LogP contribution in [-0.4, -0.2) is 0 Å². The van der Waals surface area contributed by atoms with Crippen molar-refractivity contribution in [3.63, 3.8) is 0 Å². The summed E-state index contributed by atoms with van der Waals surface area (Å²) in [4.78, 5) is 0. The van der Waals surface area contributed by atoms with E-state index in [0.717, 1.165) is 0 Å². The van der Waals surface area contributed by atoms with Crippen molar-refractivity contribution in [3.8, 4) is 0 Å². The van der Waals surface area contributed by atoms with Gasteiger partial charge in [0.25, 0.3) is 0 Å². The van der Waals surface area contributed by atoms with Crippen molar-refractivity contribution in [2.45, 2.75) is 117 Å². The third-order valence-corrected chi connectivity index (χ3v) is 9.92. The van der Waals surface area contributed by atoms with Crippen LogP contribution in [0.25, 0.3) is 21.5 Å². The molecule has 2 aliphatic carbocycles. The summed E-state index contributed by atoms with van der Waals surface area (Å²) in [6, 6.07) is 18.8. The van der Waals surface area contributed by atoms with E-state index in [1.54, 1.807) is 22.3 Å². The van der Waals surface area contributed by atoms with E-state index in [2.05, 4.69) is 118 Å². The van der Waals surface area contributed by atoms with Gasteiger partial charge in [-0.15, -0.1) is 57.9 Å². The Balaban J connectivity index is 0.000000254. The number of fused-ring (bicyclic) bond motifs is 4. The maximum absolute atomic E-state index is 2.46. The minimum atomic E-state index is 0. The molecule has 0 nitrogen and oxygen atoms in total. The second-order valence-corrected chi connectivity index (χ2v) is 14.5. The van der Waals surface area contributed by atoms with Gasteiger partial charge in [-0.2, -0.15) is 23.3 Å². The van der Waals surface area contributed by atoms with Crippen molar-refractivity contribution >= 4 is 21.5 Å². The van der Waals surface area contributed by atoms with Gasteiger partial charge < -0.3 is 24.8 Å². The van der Waals surface area contributed by atoms with E-state index in [4.69, 9.17) is 0 Å². The minimum Gasteiger partial charge on any atom is -1.00 e. The second-order valence-electron chi connectivity index (χ2n) is 14.5. The zero-order chi connectivity index (χ0) is 26.3. The van der Waals surface area contributed by atoms with Gasteiger partial charge in [-0.3, -0.25) is 0 Å². The van der Waals surface area contributed by atoms with Gasteiger partial charge in [0.2, 0.25) is 0 Å². The molecule has 0 aliphatic heterocycles. The van der Waals surface area contributed by atoms with Crippen molar-refractivity contribution in [1.82, 2.24) is 0 Å². The molecule has 0 spiro atoms. The molecule has 6 rings (SSSR count). The molecule has 4 aromatic rings. The summed E-state index contributed by atoms with van der Waals surface area (Å²) in [5, 5.41) is 5.72. The van der Waals surface area contributed by atoms with Gasteiger partial charge in [-0.05, 0) is 47.3 Å². The Bertz CT molecular complexity index is 1350. The average Bonchev–Trinajstić information content (AvgIpc) is 3.36. The van der Waals surface area contributed by atoms with Crippen molar-refractivity contribution in [2.24, 2.45) is 0 Å². The predicted molar refractivity (Wildman–Crippen MR) is 159 cm³/mol. The summed E-state index contributed by atoms with van der Waals surface area (Å²) < 4.78 is 0. The molecule has 0 unspecified atom stereocenters. The van der Waals surface area contributed by atoms with E-state index < -0.39 is 0 Å². The van der Waals surface area contributed by atoms with E-state index in [0.29, 0.717) is 21.7 Å². The Labute approximate surface area is 269 Å². The molecule has 3 heteroatoms. The monoisotopic (exact) mass is 638 g/mol. The van der Waals surface area contributed by atoms with E-state index in [-0.39, 0.29) is 51.0 Å². The van der Waals surface area contributed by atoms with Gasteiger partial charge in [0, 0.05) is 0 Å². The minimum absolute atomic E-state index is 0.